The third-order valence-electron chi connectivity index (χ3n) is 3.12. The van der Waals surface area contributed by atoms with Gasteiger partial charge in [-0.25, -0.2) is 0 Å². The van der Waals surface area contributed by atoms with Crippen LogP contribution in [0.1, 0.15) is 0 Å². The van der Waals surface area contributed by atoms with Gasteiger partial charge in [0.25, 0.3) is 0 Å². The van der Waals surface area contributed by atoms with Gasteiger partial charge in [-0.15, -0.1) is 0 Å². The third-order valence-corrected chi connectivity index (χ3v) is 3.12. The molecule has 0 amide bonds. The van der Waals surface area contributed by atoms with Crippen molar-refractivity contribution in [3.8, 4) is 34.3 Å². The van der Waals surface area contributed by atoms with Crippen molar-refractivity contribution in [3.63, 3.8) is 0 Å². The van der Waals surface area contributed by atoms with Gasteiger partial charge in [0.2, 0.25) is 16.9 Å². The largest absolute Gasteiger partial charge is 0.504 e. The van der Waals surface area contributed by atoms with Crippen molar-refractivity contribution in [3.05, 3.63) is 46.6 Å². The highest BCUT2D eigenvalue weighted by molar-refractivity contribution is 5.90. The number of hydrogen-bond acceptors (Lipinski definition) is 6. The van der Waals surface area contributed by atoms with Crippen molar-refractivity contribution in [1.29, 1.82) is 0 Å². The first-order valence-corrected chi connectivity index (χ1v) is 5.99. The molecule has 2 aromatic carbocycles. The van der Waals surface area contributed by atoms with Crippen molar-refractivity contribution in [2.45, 2.75) is 0 Å². The Morgan fingerprint density at radius 1 is 0.864 bits per heavy atom. The Morgan fingerprint density at radius 2 is 1.50 bits per heavy atom. The average molecular weight is 304 g/mol. The topological polar surface area (TPSA) is 143 Å². The number of phenols is 3. The van der Waals surface area contributed by atoms with Gasteiger partial charge < -0.3 is 30.3 Å². The molecule has 22 heavy (non-hydrogen) atoms. The lowest BCUT2D eigenvalue weighted by Gasteiger charge is -2.08. The zero-order valence-electron chi connectivity index (χ0n) is 11.1. The van der Waals surface area contributed by atoms with E-state index in [0.717, 1.165) is 6.07 Å². The monoisotopic (exact) mass is 304 g/mol. The van der Waals surface area contributed by atoms with Crippen molar-refractivity contribution in [2.75, 3.05) is 0 Å². The molecule has 0 bridgehead atoms. The molecule has 0 saturated carbocycles. The van der Waals surface area contributed by atoms with Gasteiger partial charge in [0.1, 0.15) is 11.0 Å². The van der Waals surface area contributed by atoms with E-state index in [1.54, 1.807) is 30.3 Å². The summed E-state index contributed by atoms with van der Waals surface area (Å²) in [5.41, 5.74) is -0.589. The number of phenolic OH excluding ortho intramolecular Hbond substituents is 3. The summed E-state index contributed by atoms with van der Waals surface area (Å²) in [6.45, 7) is 0. The van der Waals surface area contributed by atoms with E-state index in [0.29, 0.717) is 5.56 Å². The molecule has 114 valence electrons. The maximum absolute atomic E-state index is 12.1. The van der Waals surface area contributed by atoms with Gasteiger partial charge >= 0.3 is 0 Å². The quantitative estimate of drug-likeness (QED) is 0.501. The van der Waals surface area contributed by atoms with E-state index in [4.69, 9.17) is 4.42 Å². The van der Waals surface area contributed by atoms with Crippen molar-refractivity contribution in [2.24, 2.45) is 0 Å². The van der Waals surface area contributed by atoms with Gasteiger partial charge in [-0.05, 0) is 0 Å². The Kier molecular flexibility index (Phi) is 3.66. The Balaban J connectivity index is 0.00000176. The standard InChI is InChI=1S/C15H10O6.H2O/c16-8-6-9-10(12(18)11(8)17)13(19)14(20)15(21-9)7-4-2-1-3-5-7;/h1-6,16-18,20H;1H2. The van der Waals surface area contributed by atoms with Gasteiger partial charge in [0, 0.05) is 11.6 Å². The fraction of sp³-hybridized carbons (Fsp3) is 0. The lowest BCUT2D eigenvalue weighted by atomic mass is 10.1. The summed E-state index contributed by atoms with van der Waals surface area (Å²) in [5.74, 6) is -3.09. The highest BCUT2D eigenvalue weighted by atomic mass is 16.4. The summed E-state index contributed by atoms with van der Waals surface area (Å²) < 4.78 is 5.40. The normalized spacial score (nSPS) is 10.4. The van der Waals surface area contributed by atoms with E-state index in [-0.39, 0.29) is 16.8 Å². The molecule has 7 heteroatoms. The van der Waals surface area contributed by atoms with Crippen LogP contribution in [-0.4, -0.2) is 25.9 Å². The Morgan fingerprint density at radius 3 is 2.14 bits per heavy atom. The molecule has 3 rings (SSSR count). The van der Waals surface area contributed by atoms with Crippen LogP contribution in [0.4, 0.5) is 0 Å². The zero-order chi connectivity index (χ0) is 15.1. The SMILES string of the molecule is O.O=c1c(O)c(-c2ccccc2)oc2cc(O)c(O)c(O)c12. The molecule has 6 N–H and O–H groups in total. The molecule has 0 radical (unpaired) electrons. The second-order valence-corrected chi connectivity index (χ2v) is 4.44. The molecule has 0 aliphatic rings. The molecule has 0 aliphatic heterocycles. The molecule has 0 fully saturated rings. The minimum atomic E-state index is -0.900. The molecule has 0 saturated heterocycles. The number of aromatic hydroxyl groups is 4. The maximum atomic E-state index is 12.1. The summed E-state index contributed by atoms with van der Waals surface area (Å²) in [7, 11) is 0. The van der Waals surface area contributed by atoms with Crippen LogP contribution >= 0.6 is 0 Å². The predicted octanol–water partition coefficient (Wildman–Crippen LogP) is 1.46. The molecule has 1 aromatic heterocycles. The Bertz CT molecular complexity index is 897. The minimum Gasteiger partial charge on any atom is -0.504 e. The minimum absolute atomic E-state index is 0. The van der Waals surface area contributed by atoms with E-state index < -0.39 is 33.8 Å². The average Bonchev–Trinajstić information content (AvgIpc) is 2.49. The zero-order valence-corrected chi connectivity index (χ0v) is 11.1. The van der Waals surface area contributed by atoms with Gasteiger partial charge in [0.05, 0.1) is 0 Å². The fourth-order valence-electron chi connectivity index (χ4n) is 2.09. The molecule has 0 unspecified atom stereocenters. The fourth-order valence-corrected chi connectivity index (χ4v) is 2.09. The van der Waals surface area contributed by atoms with Gasteiger partial charge in [-0.1, -0.05) is 30.3 Å². The molecule has 0 atom stereocenters. The summed E-state index contributed by atoms with van der Waals surface area (Å²) >= 11 is 0. The molecule has 0 aliphatic carbocycles. The highest BCUT2D eigenvalue weighted by Crippen LogP contribution is 2.42. The molecule has 7 nitrogen and oxygen atoms in total. The number of rotatable bonds is 1. The lowest BCUT2D eigenvalue weighted by Crippen LogP contribution is -2.03. The summed E-state index contributed by atoms with van der Waals surface area (Å²) in [6, 6.07) is 9.41. The van der Waals surface area contributed by atoms with Gasteiger partial charge in [-0.3, -0.25) is 4.79 Å². The first kappa shape index (κ1) is 15.2. The summed E-state index contributed by atoms with van der Waals surface area (Å²) in [4.78, 5) is 12.1. The summed E-state index contributed by atoms with van der Waals surface area (Å²) in [5, 5.41) is 38.2. The smallest absolute Gasteiger partial charge is 0.238 e. The van der Waals surface area contributed by atoms with E-state index >= 15 is 0 Å². The van der Waals surface area contributed by atoms with E-state index in [1.165, 1.54) is 0 Å². The van der Waals surface area contributed by atoms with Crippen molar-refractivity contribution >= 4 is 11.0 Å². The van der Waals surface area contributed by atoms with Crippen LogP contribution in [0.25, 0.3) is 22.3 Å². The van der Waals surface area contributed by atoms with Crippen LogP contribution < -0.4 is 5.43 Å². The van der Waals surface area contributed by atoms with Crippen LogP contribution in [0.15, 0.2) is 45.6 Å². The van der Waals surface area contributed by atoms with Crippen molar-refractivity contribution < 1.29 is 30.3 Å². The van der Waals surface area contributed by atoms with E-state index in [1.807, 2.05) is 0 Å². The molecule has 1 heterocycles. The lowest BCUT2D eigenvalue weighted by molar-refractivity contribution is 0.369. The van der Waals surface area contributed by atoms with E-state index in [2.05, 4.69) is 0 Å². The van der Waals surface area contributed by atoms with Crippen LogP contribution in [0.3, 0.4) is 0 Å². The second kappa shape index (κ2) is 5.30. The maximum Gasteiger partial charge on any atom is 0.238 e. The third kappa shape index (κ3) is 2.09. The van der Waals surface area contributed by atoms with Crippen LogP contribution in [0.5, 0.6) is 23.0 Å². The molecular formula is C15H12O7. The predicted molar refractivity (Wildman–Crippen MR) is 78.2 cm³/mol. The van der Waals surface area contributed by atoms with Crippen LogP contribution in [0.2, 0.25) is 0 Å². The first-order chi connectivity index (χ1) is 10.0. The molecule has 0 spiro atoms. The highest BCUT2D eigenvalue weighted by Gasteiger charge is 2.21. The van der Waals surface area contributed by atoms with E-state index in [9.17, 15) is 25.2 Å². The summed E-state index contributed by atoms with van der Waals surface area (Å²) in [6.07, 6.45) is 0. The number of hydrogen-bond donors (Lipinski definition) is 4. The second-order valence-electron chi connectivity index (χ2n) is 4.44. The van der Waals surface area contributed by atoms with Gasteiger partial charge in [0.15, 0.2) is 17.3 Å². The van der Waals surface area contributed by atoms with Crippen LogP contribution in [0, 0.1) is 0 Å². The molecule has 3 aromatic rings. The Hall–Kier alpha value is -3.19. The van der Waals surface area contributed by atoms with Crippen molar-refractivity contribution in [1.82, 2.24) is 0 Å². The molecular weight excluding hydrogens is 292 g/mol. The Labute approximate surface area is 123 Å². The first-order valence-electron chi connectivity index (χ1n) is 5.99. The number of fused-ring (bicyclic) bond motifs is 1. The van der Waals surface area contributed by atoms with Gasteiger partial charge in [-0.2, -0.15) is 0 Å². The van der Waals surface area contributed by atoms with Crippen LogP contribution in [-0.2, 0) is 0 Å². The number of benzene rings is 2.